The smallest absolute Gasteiger partial charge is 0.328 e. The maximum Gasteiger partial charge on any atom is 0.328 e. The van der Waals surface area contributed by atoms with E-state index in [4.69, 9.17) is 4.74 Å². The van der Waals surface area contributed by atoms with Crippen LogP contribution < -0.4 is 10.6 Å². The van der Waals surface area contributed by atoms with Crippen molar-refractivity contribution in [3.05, 3.63) is 0 Å². The number of carbonyl (C=O) groups is 2. The van der Waals surface area contributed by atoms with Crippen molar-refractivity contribution in [1.82, 2.24) is 10.6 Å². The predicted octanol–water partition coefficient (Wildman–Crippen LogP) is 0.832. The average molecular weight is 244 g/mol. The van der Waals surface area contributed by atoms with E-state index in [1.807, 2.05) is 0 Å². The van der Waals surface area contributed by atoms with Crippen LogP contribution in [0, 0.1) is 0 Å². The molecule has 0 aliphatic heterocycles. The summed E-state index contributed by atoms with van der Waals surface area (Å²) in [5.41, 5.74) is 0. The molecule has 0 aliphatic rings. The number of ether oxygens (including phenoxy) is 1. The summed E-state index contributed by atoms with van der Waals surface area (Å²) >= 11 is 0. The molecule has 0 fully saturated rings. The Hall–Kier alpha value is -1.10. The van der Waals surface area contributed by atoms with Crippen molar-refractivity contribution in [2.75, 3.05) is 13.2 Å². The highest BCUT2D eigenvalue weighted by molar-refractivity contribution is 5.84. The van der Waals surface area contributed by atoms with Gasteiger partial charge < -0.3 is 15.4 Å². The van der Waals surface area contributed by atoms with Crippen molar-refractivity contribution in [2.45, 2.75) is 52.6 Å². The largest absolute Gasteiger partial charge is 0.464 e. The van der Waals surface area contributed by atoms with Crippen LogP contribution in [-0.2, 0) is 14.3 Å². The number of hydrogen-bond donors (Lipinski definition) is 2. The van der Waals surface area contributed by atoms with Crippen molar-refractivity contribution in [3.63, 3.8) is 0 Å². The van der Waals surface area contributed by atoms with Gasteiger partial charge in [0.2, 0.25) is 5.91 Å². The zero-order valence-corrected chi connectivity index (χ0v) is 11.2. The quantitative estimate of drug-likeness (QED) is 0.490. The molecule has 0 saturated carbocycles. The fourth-order valence-electron chi connectivity index (χ4n) is 1.28. The van der Waals surface area contributed by atoms with Gasteiger partial charge in [0.15, 0.2) is 0 Å². The fraction of sp³-hybridized carbons (Fsp3) is 0.833. The van der Waals surface area contributed by atoms with Gasteiger partial charge >= 0.3 is 5.97 Å². The third-order valence-electron chi connectivity index (χ3n) is 2.15. The molecule has 0 aromatic carbocycles. The SMILES string of the molecule is CCOC(=O)C(C)NC(=O)CCCNC(C)C. The van der Waals surface area contributed by atoms with Crippen molar-refractivity contribution >= 4 is 11.9 Å². The van der Waals surface area contributed by atoms with Crippen LogP contribution in [0.3, 0.4) is 0 Å². The Morgan fingerprint density at radius 3 is 2.41 bits per heavy atom. The van der Waals surface area contributed by atoms with Crippen molar-refractivity contribution in [3.8, 4) is 0 Å². The molecule has 0 aliphatic carbocycles. The monoisotopic (exact) mass is 244 g/mol. The van der Waals surface area contributed by atoms with Crippen LogP contribution in [0.2, 0.25) is 0 Å². The lowest BCUT2D eigenvalue weighted by Crippen LogP contribution is -2.39. The van der Waals surface area contributed by atoms with E-state index in [0.717, 1.165) is 13.0 Å². The molecule has 5 heteroatoms. The Bertz CT molecular complexity index is 242. The lowest BCUT2D eigenvalue weighted by Gasteiger charge is -2.13. The third kappa shape index (κ3) is 8.68. The summed E-state index contributed by atoms with van der Waals surface area (Å²) in [6, 6.07) is -0.142. The molecule has 0 aromatic heterocycles. The summed E-state index contributed by atoms with van der Waals surface area (Å²) in [6.45, 7) is 8.62. The summed E-state index contributed by atoms with van der Waals surface area (Å²) in [7, 11) is 0. The minimum absolute atomic E-state index is 0.115. The molecular weight excluding hydrogens is 220 g/mol. The first-order chi connectivity index (χ1) is 7.97. The van der Waals surface area contributed by atoms with E-state index in [2.05, 4.69) is 24.5 Å². The van der Waals surface area contributed by atoms with Crippen LogP contribution in [0.15, 0.2) is 0 Å². The van der Waals surface area contributed by atoms with E-state index >= 15 is 0 Å². The molecule has 17 heavy (non-hydrogen) atoms. The minimum Gasteiger partial charge on any atom is -0.464 e. The zero-order chi connectivity index (χ0) is 13.3. The van der Waals surface area contributed by atoms with Gasteiger partial charge in [-0.1, -0.05) is 13.8 Å². The number of carbonyl (C=O) groups excluding carboxylic acids is 2. The highest BCUT2D eigenvalue weighted by Gasteiger charge is 2.15. The van der Waals surface area contributed by atoms with E-state index in [9.17, 15) is 9.59 Å². The number of hydrogen-bond acceptors (Lipinski definition) is 4. The molecule has 1 unspecified atom stereocenters. The molecule has 0 aromatic rings. The number of amides is 1. The Labute approximate surface area is 103 Å². The lowest BCUT2D eigenvalue weighted by molar-refractivity contribution is -0.146. The summed E-state index contributed by atoms with van der Waals surface area (Å²) in [5.74, 6) is -0.503. The second-order valence-corrected chi connectivity index (χ2v) is 4.25. The molecule has 0 rings (SSSR count). The first-order valence-electron chi connectivity index (χ1n) is 6.16. The maximum absolute atomic E-state index is 11.5. The van der Waals surface area contributed by atoms with Gasteiger partial charge in [0.1, 0.15) is 6.04 Å². The average Bonchev–Trinajstić information content (AvgIpc) is 2.24. The normalized spacial score (nSPS) is 12.3. The van der Waals surface area contributed by atoms with E-state index in [0.29, 0.717) is 19.1 Å². The first kappa shape index (κ1) is 15.9. The number of rotatable bonds is 8. The molecule has 0 spiro atoms. The molecule has 1 atom stereocenters. The molecular formula is C12H24N2O3. The van der Waals surface area contributed by atoms with Crippen molar-refractivity contribution in [1.29, 1.82) is 0 Å². The summed E-state index contributed by atoms with van der Waals surface area (Å²) in [5, 5.41) is 5.84. The van der Waals surface area contributed by atoms with Crippen LogP contribution in [0.25, 0.3) is 0 Å². The molecule has 5 nitrogen and oxygen atoms in total. The topological polar surface area (TPSA) is 67.4 Å². The van der Waals surface area contributed by atoms with Crippen LogP contribution in [0.4, 0.5) is 0 Å². The van der Waals surface area contributed by atoms with E-state index in [1.54, 1.807) is 13.8 Å². The van der Waals surface area contributed by atoms with E-state index in [-0.39, 0.29) is 11.9 Å². The second kappa shape index (κ2) is 8.98. The number of esters is 1. The standard InChI is InChI=1S/C12H24N2O3/c1-5-17-12(16)10(4)14-11(15)7-6-8-13-9(2)3/h9-10,13H,5-8H2,1-4H3,(H,14,15). The van der Waals surface area contributed by atoms with Gasteiger partial charge in [-0.05, 0) is 26.8 Å². The van der Waals surface area contributed by atoms with Gasteiger partial charge in [0.25, 0.3) is 0 Å². The summed E-state index contributed by atoms with van der Waals surface area (Å²) < 4.78 is 4.80. The molecule has 0 radical (unpaired) electrons. The Morgan fingerprint density at radius 1 is 1.24 bits per heavy atom. The summed E-state index contributed by atoms with van der Waals surface area (Å²) in [4.78, 5) is 22.7. The molecule has 1 amide bonds. The van der Waals surface area contributed by atoms with Gasteiger partial charge in [-0.2, -0.15) is 0 Å². The Balaban J connectivity index is 3.67. The van der Waals surface area contributed by atoms with Gasteiger partial charge in [-0.3, -0.25) is 4.79 Å². The van der Waals surface area contributed by atoms with Gasteiger partial charge in [-0.15, -0.1) is 0 Å². The number of nitrogens with one attached hydrogen (secondary N) is 2. The highest BCUT2D eigenvalue weighted by Crippen LogP contribution is 1.93. The Morgan fingerprint density at radius 2 is 1.88 bits per heavy atom. The maximum atomic E-state index is 11.5. The molecule has 100 valence electrons. The van der Waals surface area contributed by atoms with E-state index in [1.165, 1.54) is 0 Å². The second-order valence-electron chi connectivity index (χ2n) is 4.25. The molecule has 0 heterocycles. The Kier molecular flexibility index (Phi) is 8.40. The molecule has 2 N–H and O–H groups in total. The van der Waals surface area contributed by atoms with Crippen molar-refractivity contribution in [2.24, 2.45) is 0 Å². The predicted molar refractivity (Wildman–Crippen MR) is 66.6 cm³/mol. The third-order valence-corrected chi connectivity index (χ3v) is 2.15. The first-order valence-corrected chi connectivity index (χ1v) is 6.16. The lowest BCUT2D eigenvalue weighted by atomic mass is 10.2. The molecule has 0 saturated heterocycles. The summed E-state index contributed by atoms with van der Waals surface area (Å²) in [6.07, 6.45) is 1.18. The van der Waals surface area contributed by atoms with Crippen LogP contribution in [0.1, 0.15) is 40.5 Å². The highest BCUT2D eigenvalue weighted by atomic mass is 16.5. The zero-order valence-electron chi connectivity index (χ0n) is 11.2. The van der Waals surface area contributed by atoms with Gasteiger partial charge in [0, 0.05) is 12.5 Å². The van der Waals surface area contributed by atoms with Crippen LogP contribution >= 0.6 is 0 Å². The van der Waals surface area contributed by atoms with Crippen molar-refractivity contribution < 1.29 is 14.3 Å². The minimum atomic E-state index is -0.569. The van der Waals surface area contributed by atoms with Crippen LogP contribution in [0.5, 0.6) is 0 Å². The fourth-order valence-corrected chi connectivity index (χ4v) is 1.28. The van der Waals surface area contributed by atoms with Gasteiger partial charge in [-0.25, -0.2) is 4.79 Å². The molecule has 0 bridgehead atoms. The van der Waals surface area contributed by atoms with Gasteiger partial charge in [0.05, 0.1) is 6.61 Å². The van der Waals surface area contributed by atoms with E-state index < -0.39 is 6.04 Å². The van der Waals surface area contributed by atoms with Crippen LogP contribution in [-0.4, -0.2) is 37.1 Å².